The minimum atomic E-state index is -0.536. The molecule has 0 saturated carbocycles. The second-order valence-corrected chi connectivity index (χ2v) is 16.4. The van der Waals surface area contributed by atoms with Crippen molar-refractivity contribution in [3.05, 3.63) is 271 Å². The first-order chi connectivity index (χ1) is 30.8. The quantitative estimate of drug-likeness (QED) is 0.162. The van der Waals surface area contributed by atoms with Crippen LogP contribution in [0.5, 0.6) is 0 Å². The van der Waals surface area contributed by atoms with Crippen LogP contribution >= 0.6 is 0 Å². The molecular weight excluding hydrogens is 747 g/mol. The highest BCUT2D eigenvalue weighted by molar-refractivity contribution is 5.99. The molecule has 2 aliphatic rings. The summed E-state index contributed by atoms with van der Waals surface area (Å²) in [4.78, 5) is 2.46. The van der Waals surface area contributed by atoms with E-state index in [0.717, 1.165) is 17.1 Å². The first-order valence-corrected chi connectivity index (χ1v) is 21.5. The van der Waals surface area contributed by atoms with Crippen molar-refractivity contribution in [3.63, 3.8) is 0 Å². The number of anilines is 3. The molecule has 2 aliphatic carbocycles. The maximum Gasteiger partial charge on any atom is 0.0725 e. The summed E-state index contributed by atoms with van der Waals surface area (Å²) >= 11 is 0. The van der Waals surface area contributed by atoms with Gasteiger partial charge in [-0.1, -0.05) is 212 Å². The van der Waals surface area contributed by atoms with Crippen molar-refractivity contribution in [2.75, 3.05) is 4.90 Å². The predicted octanol–water partition coefficient (Wildman–Crippen LogP) is 16.2. The summed E-state index contributed by atoms with van der Waals surface area (Å²) in [5.74, 6) is 0. The molecule has 10 aromatic rings. The zero-order valence-electron chi connectivity index (χ0n) is 34.1. The van der Waals surface area contributed by atoms with E-state index < -0.39 is 5.41 Å². The van der Waals surface area contributed by atoms with E-state index in [2.05, 4.69) is 254 Å². The van der Waals surface area contributed by atoms with Crippen molar-refractivity contribution in [2.24, 2.45) is 0 Å². The second-order valence-electron chi connectivity index (χ2n) is 16.4. The number of fused-ring (bicyclic) bond motifs is 12. The summed E-state index contributed by atoms with van der Waals surface area (Å²) in [7, 11) is 0. The molecule has 12 rings (SSSR count). The van der Waals surface area contributed by atoms with Gasteiger partial charge >= 0.3 is 0 Å². The predicted molar refractivity (Wildman–Crippen MR) is 259 cm³/mol. The molecular formula is C61H41N. The van der Waals surface area contributed by atoms with E-state index in [1.807, 2.05) is 0 Å². The van der Waals surface area contributed by atoms with Crippen molar-refractivity contribution >= 4 is 17.1 Å². The van der Waals surface area contributed by atoms with Gasteiger partial charge in [-0.05, 0) is 120 Å². The fourth-order valence-corrected chi connectivity index (χ4v) is 10.4. The molecule has 62 heavy (non-hydrogen) atoms. The second kappa shape index (κ2) is 14.6. The molecule has 0 amide bonds. The van der Waals surface area contributed by atoms with E-state index in [1.54, 1.807) is 0 Å². The third-order valence-electron chi connectivity index (χ3n) is 13.1. The van der Waals surface area contributed by atoms with E-state index >= 15 is 0 Å². The molecule has 0 fully saturated rings. The molecule has 0 heterocycles. The smallest absolute Gasteiger partial charge is 0.0725 e. The molecule has 1 spiro atoms. The minimum Gasteiger partial charge on any atom is -0.310 e. The summed E-state index contributed by atoms with van der Waals surface area (Å²) in [6.07, 6.45) is 0. The van der Waals surface area contributed by atoms with E-state index in [-0.39, 0.29) is 0 Å². The Morgan fingerprint density at radius 2 is 0.613 bits per heavy atom. The lowest BCUT2D eigenvalue weighted by molar-refractivity contribution is 0.775. The van der Waals surface area contributed by atoms with Gasteiger partial charge in [0.1, 0.15) is 0 Å². The van der Waals surface area contributed by atoms with Gasteiger partial charge in [0.2, 0.25) is 0 Å². The molecule has 0 radical (unpaired) electrons. The van der Waals surface area contributed by atoms with Gasteiger partial charge in [0, 0.05) is 16.9 Å². The van der Waals surface area contributed by atoms with Crippen molar-refractivity contribution in [1.29, 1.82) is 0 Å². The average molecular weight is 788 g/mol. The molecule has 0 unspecified atom stereocenters. The summed E-state index contributed by atoms with van der Waals surface area (Å²) in [5.41, 5.74) is 22.7. The number of hydrogen-bond donors (Lipinski definition) is 0. The molecule has 10 aromatic carbocycles. The van der Waals surface area contributed by atoms with Crippen LogP contribution in [0.1, 0.15) is 22.3 Å². The maximum absolute atomic E-state index is 2.46. The van der Waals surface area contributed by atoms with Crippen LogP contribution in [0.2, 0.25) is 0 Å². The molecule has 0 bridgehead atoms. The van der Waals surface area contributed by atoms with Gasteiger partial charge < -0.3 is 4.90 Å². The van der Waals surface area contributed by atoms with Crippen LogP contribution in [0, 0.1) is 0 Å². The SMILES string of the molecule is c1ccc(-c2ccc(N(c3ccc4c(c3)-c3ccccc3C43c4ccccc4-c4ccccc4-c4ccccc43)c3ccc(-c4ccccc4)cc3-c3ccccc3)cc2)cc1. The van der Waals surface area contributed by atoms with Crippen LogP contribution in [0.15, 0.2) is 249 Å². The third kappa shape index (κ3) is 5.56. The zero-order valence-corrected chi connectivity index (χ0v) is 34.1. The van der Waals surface area contributed by atoms with E-state index in [4.69, 9.17) is 0 Å². The lowest BCUT2D eigenvalue weighted by atomic mass is 9.66. The van der Waals surface area contributed by atoms with Crippen LogP contribution in [0.25, 0.3) is 66.8 Å². The molecule has 0 atom stereocenters. The number of rotatable bonds is 6. The van der Waals surface area contributed by atoms with Gasteiger partial charge in [-0.15, -0.1) is 0 Å². The zero-order chi connectivity index (χ0) is 41.0. The Bertz CT molecular complexity index is 3210. The molecule has 0 aromatic heterocycles. The highest BCUT2D eigenvalue weighted by Gasteiger charge is 2.49. The molecule has 290 valence electrons. The van der Waals surface area contributed by atoms with E-state index in [1.165, 1.54) is 89.0 Å². The Morgan fingerprint density at radius 1 is 0.226 bits per heavy atom. The average Bonchev–Trinajstić information content (AvgIpc) is 3.59. The van der Waals surface area contributed by atoms with Gasteiger partial charge in [-0.3, -0.25) is 0 Å². The topological polar surface area (TPSA) is 3.24 Å². The number of nitrogens with zero attached hydrogens (tertiary/aromatic N) is 1. The Balaban J connectivity index is 1.12. The monoisotopic (exact) mass is 787 g/mol. The Kier molecular flexibility index (Phi) is 8.47. The van der Waals surface area contributed by atoms with Crippen molar-refractivity contribution in [3.8, 4) is 66.8 Å². The van der Waals surface area contributed by atoms with Gasteiger partial charge in [0.25, 0.3) is 0 Å². The van der Waals surface area contributed by atoms with Crippen LogP contribution in [-0.2, 0) is 5.41 Å². The lowest BCUT2D eigenvalue weighted by Gasteiger charge is -2.35. The molecule has 1 nitrogen and oxygen atoms in total. The van der Waals surface area contributed by atoms with Crippen molar-refractivity contribution < 1.29 is 0 Å². The van der Waals surface area contributed by atoms with E-state index in [9.17, 15) is 0 Å². The highest BCUT2D eigenvalue weighted by Crippen LogP contribution is 2.62. The van der Waals surface area contributed by atoms with Crippen molar-refractivity contribution in [1.82, 2.24) is 0 Å². The van der Waals surface area contributed by atoms with Crippen LogP contribution in [0.4, 0.5) is 17.1 Å². The van der Waals surface area contributed by atoms with Gasteiger partial charge in [-0.25, -0.2) is 0 Å². The summed E-state index contributed by atoms with van der Waals surface area (Å²) in [6, 6.07) is 91.7. The number of benzene rings is 10. The first-order valence-electron chi connectivity index (χ1n) is 21.5. The van der Waals surface area contributed by atoms with Crippen molar-refractivity contribution in [2.45, 2.75) is 5.41 Å². The molecule has 0 aliphatic heterocycles. The molecule has 0 N–H and O–H groups in total. The van der Waals surface area contributed by atoms with Gasteiger partial charge in [-0.2, -0.15) is 0 Å². The molecule has 1 heteroatoms. The minimum absolute atomic E-state index is 0.536. The normalized spacial score (nSPS) is 12.6. The van der Waals surface area contributed by atoms with Crippen LogP contribution in [0.3, 0.4) is 0 Å². The van der Waals surface area contributed by atoms with E-state index in [0.29, 0.717) is 0 Å². The van der Waals surface area contributed by atoms with Gasteiger partial charge in [0.15, 0.2) is 0 Å². The third-order valence-corrected chi connectivity index (χ3v) is 13.1. The fraction of sp³-hybridized carbons (Fsp3) is 0.0164. The summed E-state index contributed by atoms with van der Waals surface area (Å²) < 4.78 is 0. The standard InChI is InChI=1S/C61H41N/c1-4-18-42(19-5-1)44-32-35-47(36-33-44)62(60-39-34-46(43-20-6-2-7-21-43)40-54(60)45-22-8-3-9-23-45)48-37-38-59-55(41-48)53-28-14-17-31-58(53)61(59)56-29-15-12-26-51(56)49-24-10-11-25-50(49)52-27-13-16-30-57(52)61/h1-41H. The first kappa shape index (κ1) is 35.9. The Labute approximate surface area is 363 Å². The summed E-state index contributed by atoms with van der Waals surface area (Å²) in [6.45, 7) is 0. The maximum atomic E-state index is 2.46. The highest BCUT2D eigenvalue weighted by atomic mass is 15.1. The van der Waals surface area contributed by atoms with Crippen LogP contribution < -0.4 is 4.90 Å². The largest absolute Gasteiger partial charge is 0.310 e. The van der Waals surface area contributed by atoms with Crippen LogP contribution in [-0.4, -0.2) is 0 Å². The number of hydrogen-bond acceptors (Lipinski definition) is 1. The molecule has 0 saturated heterocycles. The lowest BCUT2D eigenvalue weighted by Crippen LogP contribution is -2.29. The fourth-order valence-electron chi connectivity index (χ4n) is 10.4. The van der Waals surface area contributed by atoms with Gasteiger partial charge in [0.05, 0.1) is 11.1 Å². The summed E-state index contributed by atoms with van der Waals surface area (Å²) in [5, 5.41) is 0. The Morgan fingerprint density at radius 3 is 1.16 bits per heavy atom. The Hall–Kier alpha value is -8.00.